The Kier molecular flexibility index (Phi) is 7.02. The molecule has 1 aromatic carbocycles. The number of nitrogens with zero attached hydrogens (tertiary/aromatic N) is 1. The third-order valence-electron chi connectivity index (χ3n) is 5.24. The quantitative estimate of drug-likeness (QED) is 0.572. The number of aryl methyl sites for hydroxylation is 3. The Hall–Kier alpha value is -2.09. The fourth-order valence-corrected chi connectivity index (χ4v) is 3.94. The molecule has 2 aromatic rings. The molecule has 0 amide bonds. The minimum absolute atomic E-state index is 0.578. The summed E-state index contributed by atoms with van der Waals surface area (Å²) >= 11 is 0. The lowest BCUT2D eigenvalue weighted by Gasteiger charge is -2.18. The highest BCUT2D eigenvalue weighted by Crippen LogP contribution is 2.42. The fraction of sp³-hybridized carbons (Fsp3) is 0.458. The molecule has 0 N–H and O–H groups in total. The van der Waals surface area contributed by atoms with Crippen molar-refractivity contribution >= 4 is 0 Å². The van der Waals surface area contributed by atoms with Gasteiger partial charge in [-0.25, -0.2) is 0 Å². The number of aromatic nitrogens is 1. The summed E-state index contributed by atoms with van der Waals surface area (Å²) in [4.78, 5) is 4.52. The molecule has 140 valence electrons. The second-order valence-electron chi connectivity index (χ2n) is 6.95. The van der Waals surface area contributed by atoms with Crippen LogP contribution in [0.3, 0.4) is 0 Å². The second-order valence-corrected chi connectivity index (χ2v) is 6.95. The SMILES string of the molecule is C=CCC1CCc2c(C)c(OCc3ccc(C)nc3C)cc(C)c21.CC. The molecule has 1 atom stereocenters. The molecule has 3 rings (SSSR count). The number of hydrogen-bond acceptors (Lipinski definition) is 2. The lowest BCUT2D eigenvalue weighted by Crippen LogP contribution is -2.04. The van der Waals surface area contributed by atoms with Gasteiger partial charge in [0, 0.05) is 17.0 Å². The number of allylic oxidation sites excluding steroid dienone is 1. The number of benzene rings is 1. The van der Waals surface area contributed by atoms with Crippen LogP contribution in [0.1, 0.15) is 71.8 Å². The summed E-state index contributed by atoms with van der Waals surface area (Å²) in [5.41, 5.74) is 8.95. The van der Waals surface area contributed by atoms with Crippen LogP contribution in [0.2, 0.25) is 0 Å². The van der Waals surface area contributed by atoms with Crippen molar-refractivity contribution in [3.8, 4) is 5.75 Å². The lowest BCUT2D eigenvalue weighted by molar-refractivity contribution is 0.302. The Morgan fingerprint density at radius 3 is 2.58 bits per heavy atom. The highest BCUT2D eigenvalue weighted by Gasteiger charge is 2.26. The van der Waals surface area contributed by atoms with E-state index in [0.717, 1.165) is 35.5 Å². The zero-order valence-corrected chi connectivity index (χ0v) is 17.3. The zero-order valence-electron chi connectivity index (χ0n) is 17.3. The van der Waals surface area contributed by atoms with Crippen molar-refractivity contribution in [2.75, 3.05) is 0 Å². The molecule has 26 heavy (non-hydrogen) atoms. The minimum atomic E-state index is 0.578. The minimum Gasteiger partial charge on any atom is -0.489 e. The van der Waals surface area contributed by atoms with Gasteiger partial charge in [-0.15, -0.1) is 6.58 Å². The standard InChI is InChI=1S/C22H27NO.C2H6/c1-6-7-18-10-11-20-16(4)21(12-14(2)22(18)20)24-13-19-9-8-15(3)23-17(19)5;1-2/h6,8-9,12,18H,1,7,10-11,13H2,2-5H3;1-2H3. The van der Waals surface area contributed by atoms with E-state index in [1.807, 2.05) is 39.8 Å². The van der Waals surface area contributed by atoms with Crippen molar-refractivity contribution in [2.24, 2.45) is 0 Å². The van der Waals surface area contributed by atoms with Gasteiger partial charge < -0.3 is 4.74 Å². The molecule has 0 bridgehead atoms. The number of hydrogen-bond donors (Lipinski definition) is 0. The largest absolute Gasteiger partial charge is 0.489 e. The number of rotatable bonds is 5. The summed E-state index contributed by atoms with van der Waals surface area (Å²) in [6.07, 6.45) is 5.50. The van der Waals surface area contributed by atoms with Crippen molar-refractivity contribution in [1.82, 2.24) is 4.98 Å². The predicted molar refractivity (Wildman–Crippen MR) is 111 cm³/mol. The van der Waals surface area contributed by atoms with Gasteiger partial charge in [-0.3, -0.25) is 4.98 Å². The van der Waals surface area contributed by atoms with E-state index in [1.54, 1.807) is 0 Å². The lowest BCUT2D eigenvalue weighted by atomic mass is 9.91. The number of ether oxygens (including phenoxy) is 1. The maximum atomic E-state index is 6.18. The van der Waals surface area contributed by atoms with Crippen LogP contribution in [0.4, 0.5) is 0 Å². The first-order valence-electron chi connectivity index (χ1n) is 9.81. The first kappa shape index (κ1) is 20.2. The molecule has 1 aromatic heterocycles. The van der Waals surface area contributed by atoms with Gasteiger partial charge >= 0.3 is 0 Å². The molecule has 1 unspecified atom stereocenters. The topological polar surface area (TPSA) is 22.1 Å². The highest BCUT2D eigenvalue weighted by atomic mass is 16.5. The van der Waals surface area contributed by atoms with E-state index >= 15 is 0 Å². The second kappa shape index (κ2) is 9.02. The third-order valence-corrected chi connectivity index (χ3v) is 5.24. The van der Waals surface area contributed by atoms with Crippen LogP contribution < -0.4 is 4.74 Å². The first-order chi connectivity index (χ1) is 12.5. The van der Waals surface area contributed by atoms with Crippen LogP contribution in [0, 0.1) is 27.7 Å². The molecule has 1 heterocycles. The van der Waals surface area contributed by atoms with Gasteiger partial charge in [-0.05, 0) is 87.3 Å². The normalized spacial score (nSPS) is 15.1. The first-order valence-corrected chi connectivity index (χ1v) is 9.81. The average Bonchev–Trinajstić information content (AvgIpc) is 3.05. The van der Waals surface area contributed by atoms with E-state index in [0.29, 0.717) is 12.5 Å². The van der Waals surface area contributed by atoms with E-state index in [4.69, 9.17) is 4.74 Å². The maximum absolute atomic E-state index is 6.18. The summed E-state index contributed by atoms with van der Waals surface area (Å²) < 4.78 is 6.18. The number of pyridine rings is 1. The predicted octanol–water partition coefficient (Wildman–Crippen LogP) is 6.53. The van der Waals surface area contributed by atoms with Crippen molar-refractivity contribution in [1.29, 1.82) is 0 Å². The Bertz CT molecular complexity index is 776. The third kappa shape index (κ3) is 4.17. The van der Waals surface area contributed by atoms with Crippen LogP contribution in [-0.4, -0.2) is 4.98 Å². The molecule has 0 spiro atoms. The van der Waals surface area contributed by atoms with E-state index in [-0.39, 0.29) is 0 Å². The maximum Gasteiger partial charge on any atom is 0.123 e. The van der Waals surface area contributed by atoms with E-state index in [1.165, 1.54) is 28.7 Å². The molecule has 1 aliphatic carbocycles. The van der Waals surface area contributed by atoms with Gasteiger partial charge in [0.25, 0.3) is 0 Å². The molecular formula is C24H33NO. The van der Waals surface area contributed by atoms with Crippen molar-refractivity contribution in [3.05, 3.63) is 70.1 Å². The summed E-state index contributed by atoms with van der Waals surface area (Å²) in [5, 5.41) is 0. The van der Waals surface area contributed by atoms with Gasteiger partial charge in [-0.1, -0.05) is 26.0 Å². The van der Waals surface area contributed by atoms with Crippen LogP contribution in [0.15, 0.2) is 30.9 Å². The van der Waals surface area contributed by atoms with Crippen LogP contribution in [0.5, 0.6) is 5.75 Å². The Balaban J connectivity index is 0.00000117. The highest BCUT2D eigenvalue weighted by molar-refractivity contribution is 5.52. The summed E-state index contributed by atoms with van der Waals surface area (Å²) in [5.74, 6) is 1.65. The molecule has 0 fully saturated rings. The molecular weight excluding hydrogens is 318 g/mol. The van der Waals surface area contributed by atoms with Crippen molar-refractivity contribution < 1.29 is 4.74 Å². The molecule has 0 aliphatic heterocycles. The monoisotopic (exact) mass is 351 g/mol. The molecule has 0 saturated carbocycles. The molecule has 2 heteroatoms. The van der Waals surface area contributed by atoms with Gasteiger partial charge in [0.1, 0.15) is 12.4 Å². The van der Waals surface area contributed by atoms with Gasteiger partial charge in [0.05, 0.1) is 0 Å². The van der Waals surface area contributed by atoms with E-state index < -0.39 is 0 Å². The zero-order chi connectivity index (χ0) is 19.3. The summed E-state index contributed by atoms with van der Waals surface area (Å²) in [6, 6.07) is 6.38. The Morgan fingerprint density at radius 1 is 1.19 bits per heavy atom. The van der Waals surface area contributed by atoms with Crippen LogP contribution in [-0.2, 0) is 13.0 Å². The van der Waals surface area contributed by atoms with Gasteiger partial charge in [0.2, 0.25) is 0 Å². The molecule has 0 radical (unpaired) electrons. The number of fused-ring (bicyclic) bond motifs is 1. The average molecular weight is 352 g/mol. The van der Waals surface area contributed by atoms with Gasteiger partial charge in [-0.2, -0.15) is 0 Å². The molecule has 1 aliphatic rings. The molecule has 2 nitrogen and oxygen atoms in total. The van der Waals surface area contributed by atoms with Crippen LogP contribution >= 0.6 is 0 Å². The Morgan fingerprint density at radius 2 is 1.92 bits per heavy atom. The van der Waals surface area contributed by atoms with Crippen LogP contribution in [0.25, 0.3) is 0 Å². The molecule has 0 saturated heterocycles. The Labute approximate surface area is 159 Å². The van der Waals surface area contributed by atoms with E-state index in [2.05, 4.69) is 37.5 Å². The van der Waals surface area contributed by atoms with Crippen molar-refractivity contribution in [3.63, 3.8) is 0 Å². The van der Waals surface area contributed by atoms with Gasteiger partial charge in [0.15, 0.2) is 0 Å². The summed E-state index contributed by atoms with van der Waals surface area (Å²) in [6.45, 7) is 17.0. The fourth-order valence-electron chi connectivity index (χ4n) is 3.94. The smallest absolute Gasteiger partial charge is 0.123 e. The van der Waals surface area contributed by atoms with E-state index in [9.17, 15) is 0 Å². The summed E-state index contributed by atoms with van der Waals surface area (Å²) in [7, 11) is 0. The van der Waals surface area contributed by atoms with Crippen molar-refractivity contribution in [2.45, 2.75) is 73.3 Å².